The Morgan fingerprint density at radius 3 is 2.88 bits per heavy atom. The third-order valence-electron chi connectivity index (χ3n) is 2.69. The summed E-state index contributed by atoms with van der Waals surface area (Å²) >= 11 is 1.49. The highest BCUT2D eigenvalue weighted by Crippen LogP contribution is 2.26. The Morgan fingerprint density at radius 2 is 2.25 bits per heavy atom. The van der Waals surface area contributed by atoms with Gasteiger partial charge in [0.25, 0.3) is 0 Å². The van der Waals surface area contributed by atoms with Gasteiger partial charge < -0.3 is 15.8 Å². The number of anilines is 2. The molecule has 1 aromatic heterocycles. The van der Waals surface area contributed by atoms with Crippen molar-refractivity contribution < 1.29 is 4.74 Å². The van der Waals surface area contributed by atoms with Gasteiger partial charge in [0.2, 0.25) is 0 Å². The number of hydrogen-bond donors (Lipinski definition) is 2. The summed E-state index contributed by atoms with van der Waals surface area (Å²) in [5.41, 5.74) is 5.69. The molecule has 0 amide bonds. The molecular formula is C10H16N4OS. The van der Waals surface area contributed by atoms with Crippen molar-refractivity contribution in [3.8, 4) is 0 Å². The third kappa shape index (κ3) is 2.56. The van der Waals surface area contributed by atoms with Gasteiger partial charge in [-0.2, -0.15) is 0 Å². The van der Waals surface area contributed by atoms with E-state index in [9.17, 15) is 0 Å². The average Bonchev–Trinajstić information content (AvgIpc) is 2.22. The number of rotatable bonds is 4. The zero-order chi connectivity index (χ0) is 11.5. The summed E-state index contributed by atoms with van der Waals surface area (Å²) in [6, 6.07) is 2.20. The van der Waals surface area contributed by atoms with Gasteiger partial charge in [-0.3, -0.25) is 0 Å². The number of nitrogens with two attached hydrogens (primary N) is 1. The fourth-order valence-corrected chi connectivity index (χ4v) is 2.08. The van der Waals surface area contributed by atoms with Crippen LogP contribution in [0.4, 0.5) is 11.6 Å². The van der Waals surface area contributed by atoms with E-state index in [1.54, 1.807) is 13.2 Å². The van der Waals surface area contributed by atoms with Gasteiger partial charge in [0, 0.05) is 19.2 Å². The minimum atomic E-state index is 0.386. The number of nitrogens with one attached hydrogen (secondary N) is 1. The van der Waals surface area contributed by atoms with E-state index in [2.05, 4.69) is 15.3 Å². The van der Waals surface area contributed by atoms with Gasteiger partial charge in [-0.05, 0) is 19.1 Å². The lowest BCUT2D eigenvalue weighted by atomic mass is 9.89. The highest BCUT2D eigenvalue weighted by molar-refractivity contribution is 7.98. The first kappa shape index (κ1) is 11.5. The molecular weight excluding hydrogens is 224 g/mol. The minimum Gasteiger partial charge on any atom is -0.383 e. The van der Waals surface area contributed by atoms with Crippen molar-refractivity contribution in [3.05, 3.63) is 6.07 Å². The normalized spacial score (nSPS) is 23.9. The minimum absolute atomic E-state index is 0.386. The zero-order valence-corrected chi connectivity index (χ0v) is 10.3. The Balaban J connectivity index is 1.97. The van der Waals surface area contributed by atoms with Crippen LogP contribution < -0.4 is 11.1 Å². The molecule has 1 aromatic rings. The van der Waals surface area contributed by atoms with Crippen LogP contribution in [0.25, 0.3) is 0 Å². The summed E-state index contributed by atoms with van der Waals surface area (Å²) in [7, 11) is 1.75. The Bertz CT molecular complexity index is 368. The molecule has 5 nitrogen and oxygen atoms in total. The molecule has 0 bridgehead atoms. The molecule has 0 radical (unpaired) electrons. The summed E-state index contributed by atoms with van der Waals surface area (Å²) in [5, 5.41) is 4.03. The molecule has 1 aliphatic rings. The van der Waals surface area contributed by atoms with Crippen molar-refractivity contribution in [2.45, 2.75) is 30.1 Å². The lowest BCUT2D eigenvalue weighted by Crippen LogP contribution is -2.40. The maximum atomic E-state index is 5.69. The lowest BCUT2D eigenvalue weighted by Gasteiger charge is -2.34. The molecule has 1 saturated carbocycles. The van der Waals surface area contributed by atoms with Crippen molar-refractivity contribution >= 4 is 23.4 Å². The monoisotopic (exact) mass is 240 g/mol. The predicted octanol–water partition coefficient (Wildman–Crippen LogP) is 1.37. The van der Waals surface area contributed by atoms with Crippen molar-refractivity contribution in [2.75, 3.05) is 24.4 Å². The highest BCUT2D eigenvalue weighted by Gasteiger charge is 2.29. The molecule has 88 valence electrons. The first-order valence-corrected chi connectivity index (χ1v) is 6.41. The summed E-state index contributed by atoms with van der Waals surface area (Å²) < 4.78 is 5.22. The molecule has 0 aromatic carbocycles. The molecule has 2 rings (SSSR count). The molecule has 3 N–H and O–H groups in total. The van der Waals surface area contributed by atoms with Gasteiger partial charge in [-0.15, -0.1) is 0 Å². The fourth-order valence-electron chi connectivity index (χ4n) is 1.69. The molecule has 0 aliphatic heterocycles. The second-order valence-corrected chi connectivity index (χ2v) is 4.61. The van der Waals surface area contributed by atoms with E-state index in [0.29, 0.717) is 23.1 Å². The van der Waals surface area contributed by atoms with Gasteiger partial charge in [0.1, 0.15) is 11.6 Å². The second kappa shape index (κ2) is 4.88. The number of thioether (sulfide) groups is 1. The van der Waals surface area contributed by atoms with Gasteiger partial charge in [-0.1, -0.05) is 11.8 Å². The van der Waals surface area contributed by atoms with Crippen LogP contribution in [0.3, 0.4) is 0 Å². The number of aromatic nitrogens is 2. The molecule has 6 heteroatoms. The molecule has 0 unspecified atom stereocenters. The zero-order valence-electron chi connectivity index (χ0n) is 9.43. The van der Waals surface area contributed by atoms with E-state index < -0.39 is 0 Å². The standard InChI is InChI=1S/C10H16N4OS/c1-15-7-3-6(4-7)12-9-5-8(11)13-10(14-9)16-2/h5-7H,3-4H2,1-2H3,(H3,11,12,13,14). The van der Waals surface area contributed by atoms with E-state index in [4.69, 9.17) is 10.5 Å². The van der Waals surface area contributed by atoms with Gasteiger partial charge >= 0.3 is 0 Å². The summed E-state index contributed by atoms with van der Waals surface area (Å²) in [4.78, 5) is 8.44. The number of nitrogen functional groups attached to an aromatic ring is 1. The second-order valence-electron chi connectivity index (χ2n) is 3.84. The first-order valence-electron chi connectivity index (χ1n) is 5.19. The Morgan fingerprint density at radius 1 is 1.50 bits per heavy atom. The van der Waals surface area contributed by atoms with Gasteiger partial charge in [0.15, 0.2) is 5.16 Å². The topological polar surface area (TPSA) is 73.1 Å². The molecule has 0 spiro atoms. The summed E-state index contributed by atoms with van der Waals surface area (Å²) in [6.07, 6.45) is 4.36. The van der Waals surface area contributed by atoms with Gasteiger partial charge in [0.05, 0.1) is 6.10 Å². The number of ether oxygens (including phenoxy) is 1. The van der Waals surface area contributed by atoms with E-state index in [-0.39, 0.29) is 0 Å². The largest absolute Gasteiger partial charge is 0.383 e. The summed E-state index contributed by atoms with van der Waals surface area (Å²) in [6.45, 7) is 0. The van der Waals surface area contributed by atoms with Crippen LogP contribution in [0, 0.1) is 0 Å². The van der Waals surface area contributed by atoms with Crippen LogP contribution in [0.5, 0.6) is 0 Å². The van der Waals surface area contributed by atoms with E-state index in [1.807, 2.05) is 6.26 Å². The van der Waals surface area contributed by atoms with Crippen LogP contribution in [0.1, 0.15) is 12.8 Å². The molecule has 1 fully saturated rings. The Kier molecular flexibility index (Phi) is 3.50. The predicted molar refractivity (Wildman–Crippen MR) is 65.7 cm³/mol. The maximum absolute atomic E-state index is 5.69. The quantitative estimate of drug-likeness (QED) is 0.611. The Hall–Kier alpha value is -1.01. The molecule has 1 aliphatic carbocycles. The van der Waals surface area contributed by atoms with Crippen molar-refractivity contribution in [2.24, 2.45) is 0 Å². The number of nitrogens with zero attached hydrogens (tertiary/aromatic N) is 2. The van der Waals surface area contributed by atoms with E-state index in [0.717, 1.165) is 18.7 Å². The Labute approximate surface area is 99.2 Å². The van der Waals surface area contributed by atoms with Crippen LogP contribution in [-0.4, -0.2) is 35.5 Å². The van der Waals surface area contributed by atoms with Crippen molar-refractivity contribution in [3.63, 3.8) is 0 Å². The van der Waals surface area contributed by atoms with Crippen molar-refractivity contribution in [1.82, 2.24) is 9.97 Å². The van der Waals surface area contributed by atoms with Crippen LogP contribution in [0.2, 0.25) is 0 Å². The number of hydrogen-bond acceptors (Lipinski definition) is 6. The van der Waals surface area contributed by atoms with Gasteiger partial charge in [-0.25, -0.2) is 9.97 Å². The highest BCUT2D eigenvalue weighted by atomic mass is 32.2. The third-order valence-corrected chi connectivity index (χ3v) is 3.24. The first-order chi connectivity index (χ1) is 7.71. The SMILES string of the molecule is COC1CC(Nc2cc(N)nc(SC)n2)C1. The maximum Gasteiger partial charge on any atom is 0.191 e. The van der Waals surface area contributed by atoms with Crippen LogP contribution in [-0.2, 0) is 4.74 Å². The molecule has 0 atom stereocenters. The molecule has 1 heterocycles. The van der Waals surface area contributed by atoms with Crippen LogP contribution in [0.15, 0.2) is 11.2 Å². The van der Waals surface area contributed by atoms with Crippen LogP contribution >= 0.6 is 11.8 Å². The lowest BCUT2D eigenvalue weighted by molar-refractivity contribution is 0.0328. The number of methoxy groups -OCH3 is 1. The summed E-state index contributed by atoms with van der Waals surface area (Å²) in [5.74, 6) is 1.31. The van der Waals surface area contributed by atoms with E-state index in [1.165, 1.54) is 11.8 Å². The van der Waals surface area contributed by atoms with E-state index >= 15 is 0 Å². The average molecular weight is 240 g/mol. The molecule has 16 heavy (non-hydrogen) atoms. The smallest absolute Gasteiger partial charge is 0.191 e. The fraction of sp³-hybridized carbons (Fsp3) is 0.600. The molecule has 0 saturated heterocycles. The van der Waals surface area contributed by atoms with Crippen molar-refractivity contribution in [1.29, 1.82) is 0 Å².